The maximum absolute atomic E-state index is 11.8. The Morgan fingerprint density at radius 1 is 1.53 bits per heavy atom. The molecule has 0 unspecified atom stereocenters. The van der Waals surface area contributed by atoms with Crippen LogP contribution in [-0.2, 0) is 11.8 Å². The molecule has 0 spiro atoms. The molecule has 1 amide bonds. The van der Waals surface area contributed by atoms with E-state index in [1.807, 2.05) is 0 Å². The molecule has 2 N–H and O–H groups in total. The molecule has 1 fully saturated rings. The van der Waals surface area contributed by atoms with Crippen LogP contribution in [0.15, 0.2) is 12.3 Å². The second kappa shape index (κ2) is 4.57. The minimum absolute atomic E-state index is 0.0504. The second-order valence-electron chi connectivity index (χ2n) is 4.39. The van der Waals surface area contributed by atoms with Crippen LogP contribution in [0.3, 0.4) is 0 Å². The van der Waals surface area contributed by atoms with Crippen LogP contribution in [-0.4, -0.2) is 32.8 Å². The first-order chi connectivity index (χ1) is 8.06. The van der Waals surface area contributed by atoms with Gasteiger partial charge in [0.1, 0.15) is 5.69 Å². The van der Waals surface area contributed by atoms with Crippen LogP contribution in [0.25, 0.3) is 0 Å². The lowest BCUT2D eigenvalue weighted by Crippen LogP contribution is -2.33. The van der Waals surface area contributed by atoms with Gasteiger partial charge in [0.25, 0.3) is 5.91 Å². The minimum Gasteiger partial charge on any atom is -0.481 e. The number of amides is 1. The Morgan fingerprint density at radius 3 is 2.82 bits per heavy atom. The van der Waals surface area contributed by atoms with Crippen LogP contribution in [0.2, 0.25) is 0 Å². The molecule has 6 heteroatoms. The van der Waals surface area contributed by atoms with Crippen molar-refractivity contribution in [1.29, 1.82) is 0 Å². The van der Waals surface area contributed by atoms with E-state index in [1.54, 1.807) is 24.0 Å². The highest BCUT2D eigenvalue weighted by Crippen LogP contribution is 2.25. The van der Waals surface area contributed by atoms with Crippen LogP contribution in [0.1, 0.15) is 29.8 Å². The predicted octanol–water partition coefficient (Wildman–Crippen LogP) is 0.403. The Morgan fingerprint density at radius 2 is 2.29 bits per heavy atom. The lowest BCUT2D eigenvalue weighted by molar-refractivity contribution is -0.141. The fourth-order valence-electron chi connectivity index (χ4n) is 2.13. The Hall–Kier alpha value is -1.85. The molecule has 0 saturated heterocycles. The smallest absolute Gasteiger partial charge is 0.306 e. The van der Waals surface area contributed by atoms with Gasteiger partial charge in [-0.15, -0.1) is 0 Å². The number of hydrogen-bond donors (Lipinski definition) is 2. The van der Waals surface area contributed by atoms with E-state index >= 15 is 0 Å². The van der Waals surface area contributed by atoms with E-state index in [2.05, 4.69) is 10.4 Å². The zero-order valence-electron chi connectivity index (χ0n) is 9.59. The summed E-state index contributed by atoms with van der Waals surface area (Å²) in [6.07, 6.45) is 3.55. The molecule has 2 rings (SSSR count). The van der Waals surface area contributed by atoms with Gasteiger partial charge in [0.05, 0.1) is 5.92 Å². The molecule has 1 aliphatic rings. The third-order valence-electron chi connectivity index (χ3n) is 3.06. The van der Waals surface area contributed by atoms with Crippen molar-refractivity contribution in [3.8, 4) is 0 Å². The van der Waals surface area contributed by atoms with Crippen molar-refractivity contribution in [3.05, 3.63) is 18.0 Å². The molecule has 17 heavy (non-hydrogen) atoms. The van der Waals surface area contributed by atoms with Crippen molar-refractivity contribution in [2.24, 2.45) is 13.0 Å². The van der Waals surface area contributed by atoms with Gasteiger partial charge in [0, 0.05) is 19.3 Å². The van der Waals surface area contributed by atoms with Gasteiger partial charge in [-0.25, -0.2) is 0 Å². The number of carboxylic acids is 1. The Bertz CT molecular complexity index is 441. The first-order valence-electron chi connectivity index (χ1n) is 5.59. The summed E-state index contributed by atoms with van der Waals surface area (Å²) in [4.78, 5) is 22.5. The highest BCUT2D eigenvalue weighted by atomic mass is 16.4. The van der Waals surface area contributed by atoms with Crippen LogP contribution >= 0.6 is 0 Å². The molecule has 0 aliphatic heterocycles. The van der Waals surface area contributed by atoms with Crippen LogP contribution < -0.4 is 5.32 Å². The van der Waals surface area contributed by atoms with E-state index in [1.165, 1.54) is 0 Å². The molecule has 1 saturated carbocycles. The number of aromatic nitrogens is 2. The van der Waals surface area contributed by atoms with Gasteiger partial charge in [-0.3, -0.25) is 14.3 Å². The Labute approximate surface area is 98.6 Å². The predicted molar refractivity (Wildman–Crippen MR) is 59.4 cm³/mol. The summed E-state index contributed by atoms with van der Waals surface area (Å²) < 4.78 is 1.56. The summed E-state index contributed by atoms with van der Waals surface area (Å²) in [5.74, 6) is -1.34. The Kier molecular flexibility index (Phi) is 3.12. The van der Waals surface area contributed by atoms with Gasteiger partial charge in [-0.1, -0.05) is 0 Å². The summed E-state index contributed by atoms with van der Waals surface area (Å²) in [6.45, 7) is 0. The number of nitrogens with zero attached hydrogens (tertiary/aromatic N) is 2. The number of carboxylic acid groups (broad SMARTS) is 1. The average Bonchev–Trinajstić information content (AvgIpc) is 2.86. The number of carbonyl (C=O) groups is 2. The van der Waals surface area contributed by atoms with Gasteiger partial charge >= 0.3 is 5.97 Å². The van der Waals surface area contributed by atoms with E-state index in [0.717, 1.165) is 6.42 Å². The largest absolute Gasteiger partial charge is 0.481 e. The van der Waals surface area contributed by atoms with Crippen LogP contribution in [0.5, 0.6) is 0 Å². The molecule has 0 bridgehead atoms. The van der Waals surface area contributed by atoms with E-state index in [9.17, 15) is 9.59 Å². The molecule has 0 radical (unpaired) electrons. The molecule has 1 heterocycles. The number of rotatable bonds is 3. The standard InChI is InChI=1S/C11H15N3O3/c1-14-5-4-9(13-14)10(15)12-8-3-2-7(6-8)11(16)17/h4-5,7-8H,2-3,6H2,1H3,(H,12,15)(H,16,17)/t7-,8+/m1/s1. The second-order valence-corrected chi connectivity index (χ2v) is 4.39. The molecular weight excluding hydrogens is 222 g/mol. The van der Waals surface area contributed by atoms with Gasteiger partial charge in [-0.05, 0) is 25.3 Å². The quantitative estimate of drug-likeness (QED) is 0.797. The highest BCUT2D eigenvalue weighted by Gasteiger charge is 2.30. The fourth-order valence-corrected chi connectivity index (χ4v) is 2.13. The molecule has 92 valence electrons. The third-order valence-corrected chi connectivity index (χ3v) is 3.06. The van der Waals surface area contributed by atoms with Gasteiger partial charge in [0.15, 0.2) is 0 Å². The molecule has 6 nitrogen and oxygen atoms in total. The normalized spacial score (nSPS) is 23.6. The topological polar surface area (TPSA) is 84.2 Å². The molecule has 1 aromatic heterocycles. The van der Waals surface area contributed by atoms with Crippen molar-refractivity contribution in [2.45, 2.75) is 25.3 Å². The highest BCUT2D eigenvalue weighted by molar-refractivity contribution is 5.92. The van der Waals surface area contributed by atoms with E-state index in [4.69, 9.17) is 5.11 Å². The Balaban J connectivity index is 1.90. The first kappa shape index (κ1) is 11.6. The van der Waals surface area contributed by atoms with E-state index in [-0.39, 0.29) is 17.9 Å². The van der Waals surface area contributed by atoms with Crippen molar-refractivity contribution in [1.82, 2.24) is 15.1 Å². The maximum atomic E-state index is 11.8. The zero-order chi connectivity index (χ0) is 12.4. The van der Waals surface area contributed by atoms with Crippen molar-refractivity contribution in [3.63, 3.8) is 0 Å². The lowest BCUT2D eigenvalue weighted by atomic mass is 10.1. The average molecular weight is 237 g/mol. The maximum Gasteiger partial charge on any atom is 0.306 e. The van der Waals surface area contributed by atoms with Gasteiger partial charge in [0.2, 0.25) is 0 Å². The molecule has 1 aromatic rings. The number of carbonyl (C=O) groups excluding carboxylic acids is 1. The molecular formula is C11H15N3O3. The molecule has 1 aliphatic carbocycles. The first-order valence-corrected chi connectivity index (χ1v) is 5.59. The van der Waals surface area contributed by atoms with Gasteiger partial charge < -0.3 is 10.4 Å². The van der Waals surface area contributed by atoms with E-state index < -0.39 is 5.97 Å². The number of nitrogens with one attached hydrogen (secondary N) is 1. The van der Waals surface area contributed by atoms with Crippen molar-refractivity contribution < 1.29 is 14.7 Å². The minimum atomic E-state index is -0.778. The third kappa shape index (κ3) is 2.64. The van der Waals surface area contributed by atoms with Crippen LogP contribution in [0.4, 0.5) is 0 Å². The summed E-state index contributed by atoms with van der Waals surface area (Å²) in [6, 6.07) is 1.59. The summed E-state index contributed by atoms with van der Waals surface area (Å²) in [7, 11) is 1.74. The monoisotopic (exact) mass is 237 g/mol. The van der Waals surface area contributed by atoms with Gasteiger partial charge in [-0.2, -0.15) is 5.10 Å². The molecule has 0 aromatic carbocycles. The zero-order valence-corrected chi connectivity index (χ0v) is 9.59. The molecule has 2 atom stereocenters. The van der Waals surface area contributed by atoms with E-state index in [0.29, 0.717) is 18.5 Å². The van der Waals surface area contributed by atoms with Crippen LogP contribution in [0, 0.1) is 5.92 Å². The fraction of sp³-hybridized carbons (Fsp3) is 0.545. The number of aryl methyl sites for hydroxylation is 1. The SMILES string of the molecule is Cn1ccc(C(=O)N[C@H]2CC[C@@H](C(=O)O)C2)n1. The summed E-state index contributed by atoms with van der Waals surface area (Å²) in [5.41, 5.74) is 0.367. The van der Waals surface area contributed by atoms with Crippen molar-refractivity contribution in [2.75, 3.05) is 0 Å². The lowest BCUT2D eigenvalue weighted by Gasteiger charge is -2.10. The number of aliphatic carboxylic acids is 1. The summed E-state index contributed by atoms with van der Waals surface area (Å²) in [5, 5.41) is 15.7. The number of hydrogen-bond acceptors (Lipinski definition) is 3. The van der Waals surface area contributed by atoms with Crippen molar-refractivity contribution >= 4 is 11.9 Å². The summed E-state index contributed by atoms with van der Waals surface area (Å²) >= 11 is 0.